The number of carbonyl (C=O) groups excluding carboxylic acids is 14. The first-order chi connectivity index (χ1) is 69.1. The van der Waals surface area contributed by atoms with Gasteiger partial charge in [0.05, 0.1) is 13.1 Å². The fourth-order valence-corrected chi connectivity index (χ4v) is 17.1. The maximum atomic E-state index is 15.0. The van der Waals surface area contributed by atoms with Gasteiger partial charge in [0.25, 0.3) is 0 Å². The lowest BCUT2D eigenvalue weighted by Gasteiger charge is -2.29. The molecule has 0 aliphatic heterocycles. The van der Waals surface area contributed by atoms with Crippen LogP contribution in [0.5, 0.6) is 0 Å². The lowest BCUT2D eigenvalue weighted by molar-refractivity contribution is -0.140. The average molecular weight is 2040 g/mol. The highest BCUT2D eigenvalue weighted by Crippen LogP contribution is 2.23. The molecule has 2 aromatic carbocycles. The molecule has 0 unspecified atom stereocenters. The first-order valence-corrected chi connectivity index (χ1v) is 53.2. The summed E-state index contributed by atoms with van der Waals surface area (Å²) in [5, 5.41) is 73.4. The number of hydrogen-bond donors (Lipinski definition) is 20. The van der Waals surface area contributed by atoms with Gasteiger partial charge in [0.15, 0.2) is 0 Å². The summed E-state index contributed by atoms with van der Waals surface area (Å²) in [6, 6.07) is -3.49. The zero-order valence-corrected chi connectivity index (χ0v) is 87.8. The van der Waals surface area contributed by atoms with Gasteiger partial charge in [0, 0.05) is 62.2 Å². The Hall–Kier alpha value is -11.6. The fraction of sp³-hybridized carbons (Fsp3) is 0.698. The monoisotopic (exact) mass is 2040 g/mol. The zero-order valence-electron chi connectivity index (χ0n) is 87.8. The number of para-hydroxylation sites is 1. The molecule has 0 fully saturated rings. The highest BCUT2D eigenvalue weighted by molar-refractivity contribution is 6.01. The molecule has 3 aromatic rings. The van der Waals surface area contributed by atoms with E-state index in [2.05, 4.69) is 92.8 Å². The number of nitrogens with zero attached hydrogens (tertiary/aromatic N) is 1. The van der Waals surface area contributed by atoms with Crippen molar-refractivity contribution in [1.82, 2.24) is 79.0 Å². The number of carboxylic acids is 4. The van der Waals surface area contributed by atoms with Crippen molar-refractivity contribution < 1.29 is 107 Å². The molecule has 0 saturated heterocycles. The van der Waals surface area contributed by atoms with Crippen molar-refractivity contribution >= 4 is 117 Å². The highest BCUT2D eigenvalue weighted by atomic mass is 16.4. The fourth-order valence-electron chi connectivity index (χ4n) is 17.1. The van der Waals surface area contributed by atoms with E-state index in [1.54, 1.807) is 102 Å². The minimum absolute atomic E-state index is 0.0653. The number of aliphatic carboxylic acids is 4. The maximum absolute atomic E-state index is 15.0. The Balaban J connectivity index is 1.83. The van der Waals surface area contributed by atoms with Crippen LogP contribution < -0.4 is 80.6 Å². The minimum Gasteiger partial charge on any atom is -0.481 e. The van der Waals surface area contributed by atoms with Crippen molar-refractivity contribution in [2.24, 2.45) is 29.2 Å². The van der Waals surface area contributed by atoms with Crippen LogP contribution in [-0.2, 0) is 99.1 Å². The first-order valence-electron chi connectivity index (χ1n) is 53.2. The van der Waals surface area contributed by atoms with Crippen molar-refractivity contribution in [3.8, 4) is 0 Å². The minimum atomic E-state index is -1.87. The van der Waals surface area contributed by atoms with Crippen LogP contribution in [0.4, 0.5) is 0 Å². The molecule has 0 saturated carbocycles. The quantitative estimate of drug-likeness (QED) is 0.0234. The standard InChI is InChI=1S/C106H175N17O22/c1-11-13-15-17-19-21-23-25-27-29-31-33-35-44-60-123(61-45-36-34-32-30-28-26-24-22-20-18-16-14-12-2)69-90(125)109-59-43-42-50-79(95(108)134)114-96(135)73(9)111-99(138)81(52-56-92(128)129)117-106(145)88(66-76-68-110-78-49-41-40-48-77(76)78)122-104(143)86(64-72(7)8)120-101(140)83(54-58-94(132)133)115-100(139)82(53-57-93(130)131)118-103(142)85(63-71(5)6)119-97(136)74(10)112-98(137)80(51-55-91(126)127)116-105(144)87(65-75-46-38-37-39-47-75)121-102(141)84(62-70(3)4)113-89(124)67-107/h37-41,46-49,68,70-74,79-88,110H,11-36,42-45,50-67,69,107H2,1-10H3,(H2,108,134)(H,109,125)(H,111,138)(H,112,137)(H,113,124)(H,114,135)(H,115,139)(H,116,144)(H,117,145)(H,118,142)(H,119,136)(H,120,140)(H,121,141)(H,122,143)(H,126,127)(H,128,129)(H,130,131)(H,132,133)/t73-,74-,79-,80-,81-,82-,83-,84-,85-,86-,87-,88-/m0/s1. The normalized spacial score (nSPS) is 13.9. The van der Waals surface area contributed by atoms with Gasteiger partial charge in [-0.05, 0) is 139 Å². The Morgan fingerprint density at radius 2 is 0.621 bits per heavy atom. The van der Waals surface area contributed by atoms with Crippen molar-refractivity contribution in [3.63, 3.8) is 0 Å². The number of fused-ring (bicyclic) bond motifs is 1. The zero-order chi connectivity index (χ0) is 108. The lowest BCUT2D eigenvalue weighted by Crippen LogP contribution is -2.61. The van der Waals surface area contributed by atoms with E-state index >= 15 is 4.79 Å². The van der Waals surface area contributed by atoms with E-state index in [1.807, 2.05) is 0 Å². The predicted octanol–water partition coefficient (Wildman–Crippen LogP) is 9.40. The van der Waals surface area contributed by atoms with E-state index in [9.17, 15) is 102 Å². The highest BCUT2D eigenvalue weighted by Gasteiger charge is 2.39. The van der Waals surface area contributed by atoms with Crippen LogP contribution in [0, 0.1) is 17.8 Å². The van der Waals surface area contributed by atoms with Gasteiger partial charge in [0.1, 0.15) is 72.5 Å². The molecule has 22 N–H and O–H groups in total. The van der Waals surface area contributed by atoms with Crippen LogP contribution in [-0.4, -0.2) is 242 Å². The predicted molar refractivity (Wildman–Crippen MR) is 555 cm³/mol. The van der Waals surface area contributed by atoms with Crippen LogP contribution >= 0.6 is 0 Å². The number of amides is 14. The van der Waals surface area contributed by atoms with E-state index in [-0.39, 0.29) is 56.9 Å². The molecular weight excluding hydrogens is 1860 g/mol. The number of carbonyl (C=O) groups is 18. The largest absolute Gasteiger partial charge is 0.481 e. The number of hydrogen-bond acceptors (Lipinski definition) is 20. The molecule has 1 heterocycles. The molecule has 0 aliphatic carbocycles. The third-order valence-corrected chi connectivity index (χ3v) is 25.4. The number of benzene rings is 2. The molecular formula is C106H175N17O22. The van der Waals surface area contributed by atoms with Crippen molar-refractivity contribution in [2.45, 2.75) is 424 Å². The van der Waals surface area contributed by atoms with Gasteiger partial charge in [0.2, 0.25) is 82.7 Å². The number of unbranched alkanes of at least 4 members (excludes halogenated alkanes) is 27. The van der Waals surface area contributed by atoms with Crippen molar-refractivity contribution in [2.75, 3.05) is 32.7 Å². The van der Waals surface area contributed by atoms with E-state index < -0.39 is 243 Å². The van der Waals surface area contributed by atoms with Gasteiger partial charge in [-0.3, -0.25) is 91.2 Å². The Kier molecular flexibility index (Phi) is 65.3. The van der Waals surface area contributed by atoms with Gasteiger partial charge in [-0.15, -0.1) is 0 Å². The summed E-state index contributed by atoms with van der Waals surface area (Å²) in [5.74, 6) is -19.7. The first kappa shape index (κ1) is 128. The summed E-state index contributed by atoms with van der Waals surface area (Å²) < 4.78 is 0. The van der Waals surface area contributed by atoms with Crippen LogP contribution in [0.1, 0.15) is 350 Å². The molecule has 145 heavy (non-hydrogen) atoms. The second-order valence-electron chi connectivity index (χ2n) is 39.9. The Bertz CT molecular complexity index is 4400. The Morgan fingerprint density at radius 3 is 0.979 bits per heavy atom. The summed E-state index contributed by atoms with van der Waals surface area (Å²) in [7, 11) is 0. The van der Waals surface area contributed by atoms with E-state index in [4.69, 9.17) is 11.5 Å². The molecule has 1 aromatic heterocycles. The molecule has 0 aliphatic rings. The van der Waals surface area contributed by atoms with Gasteiger partial charge in [-0.2, -0.15) is 0 Å². The SMILES string of the molecule is CCCCCCCCCCCCCCCCN(CCCCCCCCCCCCCCCC)CC(=O)NCCCC[C@H](NC(=O)[C@H](C)NC(=O)[C@H](CCC(=O)O)NC(=O)[C@H](Cc1c[nH]c2ccccc12)NC(=O)[C@H](CC(C)C)NC(=O)[C@H](CCC(=O)O)NC(=O)[C@H](CCC(=O)O)NC(=O)[C@H](CC(C)C)NC(=O)[C@H](C)NC(=O)[C@H](CCC(=O)O)NC(=O)[C@H](Cc1ccccc1)NC(=O)[C@H](CC(C)C)NC(=O)CN)C(N)=O. The number of nitrogens with two attached hydrogens (primary N) is 2. The number of primary amides is 1. The molecule has 14 amide bonds. The number of H-pyrrole nitrogens is 1. The smallest absolute Gasteiger partial charge is 0.303 e. The van der Waals surface area contributed by atoms with Crippen LogP contribution in [0.3, 0.4) is 0 Å². The van der Waals surface area contributed by atoms with Gasteiger partial charge in [-0.25, -0.2) is 0 Å². The molecule has 0 bridgehead atoms. The van der Waals surface area contributed by atoms with E-state index in [0.717, 1.165) is 38.8 Å². The molecule has 39 heteroatoms. The number of carboxylic acid groups (broad SMARTS) is 4. The van der Waals surface area contributed by atoms with E-state index in [0.29, 0.717) is 41.4 Å². The molecule has 3 rings (SSSR count). The topological polar surface area (TPSA) is 616 Å². The number of rotatable bonds is 84. The summed E-state index contributed by atoms with van der Waals surface area (Å²) in [6.07, 6.45) is 31.4. The second kappa shape index (κ2) is 74.3. The number of nitrogens with one attached hydrogen (secondary N) is 14. The second-order valence-corrected chi connectivity index (χ2v) is 39.9. The molecule has 0 radical (unpaired) electrons. The molecule has 0 spiro atoms. The van der Waals surface area contributed by atoms with Crippen LogP contribution in [0.15, 0.2) is 60.8 Å². The molecule has 39 nitrogen and oxygen atoms in total. The maximum Gasteiger partial charge on any atom is 0.303 e. The van der Waals surface area contributed by atoms with Gasteiger partial charge in [-0.1, -0.05) is 271 Å². The number of aromatic nitrogens is 1. The van der Waals surface area contributed by atoms with Gasteiger partial charge < -0.3 is 106 Å². The Labute approximate surface area is 857 Å². The molecule has 816 valence electrons. The molecule has 12 atom stereocenters. The average Bonchev–Trinajstić information content (AvgIpc) is 1.53. The van der Waals surface area contributed by atoms with Crippen molar-refractivity contribution in [3.05, 3.63) is 71.9 Å². The third kappa shape index (κ3) is 57.2. The summed E-state index contributed by atoms with van der Waals surface area (Å²) >= 11 is 0. The van der Waals surface area contributed by atoms with Gasteiger partial charge >= 0.3 is 23.9 Å². The summed E-state index contributed by atoms with van der Waals surface area (Å²) in [4.78, 5) is 252. The van der Waals surface area contributed by atoms with Crippen molar-refractivity contribution in [1.29, 1.82) is 0 Å². The summed E-state index contributed by atoms with van der Waals surface area (Å²) in [6.45, 7) is 19.0. The van der Waals surface area contributed by atoms with Crippen LogP contribution in [0.25, 0.3) is 10.9 Å². The van der Waals surface area contributed by atoms with E-state index in [1.165, 1.54) is 168 Å². The summed E-state index contributed by atoms with van der Waals surface area (Å²) in [5.41, 5.74) is 13.0. The third-order valence-electron chi connectivity index (χ3n) is 25.4. The lowest BCUT2D eigenvalue weighted by atomic mass is 9.99. The van der Waals surface area contributed by atoms with Crippen LogP contribution in [0.2, 0.25) is 0 Å². The Morgan fingerprint density at radius 1 is 0.317 bits per heavy atom. The number of aromatic amines is 1.